The van der Waals surface area contributed by atoms with Gasteiger partial charge < -0.3 is 15.6 Å². The van der Waals surface area contributed by atoms with E-state index in [0.29, 0.717) is 11.7 Å². The highest BCUT2D eigenvalue weighted by atomic mass is 16.5. The number of ether oxygens (including phenoxy) is 1. The Bertz CT molecular complexity index is 357. The first-order valence-electron chi connectivity index (χ1n) is 4.92. The average molecular weight is 207 g/mol. The molecule has 1 aliphatic rings. The van der Waals surface area contributed by atoms with Crippen LogP contribution in [0.2, 0.25) is 0 Å². The van der Waals surface area contributed by atoms with Crippen molar-refractivity contribution in [3.05, 3.63) is 29.8 Å². The van der Waals surface area contributed by atoms with Crippen molar-refractivity contribution in [2.75, 3.05) is 0 Å². The van der Waals surface area contributed by atoms with Crippen molar-refractivity contribution in [3.8, 4) is 5.75 Å². The summed E-state index contributed by atoms with van der Waals surface area (Å²) in [7, 11) is 0. The molecule has 0 aromatic heterocycles. The summed E-state index contributed by atoms with van der Waals surface area (Å²) in [5.41, 5.74) is 6.05. The van der Waals surface area contributed by atoms with Crippen molar-refractivity contribution in [1.82, 2.24) is 0 Å². The van der Waals surface area contributed by atoms with Crippen molar-refractivity contribution in [2.45, 2.75) is 25.0 Å². The maximum atomic E-state index is 10.6. The molecule has 1 saturated carbocycles. The van der Waals surface area contributed by atoms with Gasteiger partial charge in [0.05, 0.1) is 6.10 Å². The maximum absolute atomic E-state index is 10.6. The first-order chi connectivity index (χ1) is 7.16. The molecule has 4 heteroatoms. The number of hydrogen-bond acceptors (Lipinski definition) is 3. The van der Waals surface area contributed by atoms with Crippen LogP contribution in [-0.2, 0) is 4.79 Å². The molecule has 1 fully saturated rings. The van der Waals surface area contributed by atoms with Crippen LogP contribution in [0.15, 0.2) is 24.3 Å². The summed E-state index contributed by atoms with van der Waals surface area (Å²) >= 11 is 0. The van der Waals surface area contributed by atoms with E-state index in [4.69, 9.17) is 15.6 Å². The van der Waals surface area contributed by atoms with Crippen LogP contribution < -0.4 is 10.5 Å². The fourth-order valence-electron chi connectivity index (χ4n) is 1.27. The Morgan fingerprint density at radius 2 is 2.00 bits per heavy atom. The Morgan fingerprint density at radius 3 is 2.47 bits per heavy atom. The van der Waals surface area contributed by atoms with Crippen LogP contribution in [-0.4, -0.2) is 17.2 Å². The van der Waals surface area contributed by atoms with E-state index in [1.54, 1.807) is 24.3 Å². The lowest BCUT2D eigenvalue weighted by molar-refractivity contribution is -0.138. The van der Waals surface area contributed by atoms with E-state index in [-0.39, 0.29) is 0 Å². The molecule has 0 radical (unpaired) electrons. The highest BCUT2D eigenvalue weighted by molar-refractivity contribution is 5.75. The Kier molecular flexibility index (Phi) is 2.60. The van der Waals surface area contributed by atoms with Gasteiger partial charge >= 0.3 is 5.97 Å². The summed E-state index contributed by atoms with van der Waals surface area (Å²) in [6, 6.07) is 5.94. The minimum Gasteiger partial charge on any atom is -0.490 e. The number of aliphatic carboxylic acids is 1. The molecule has 15 heavy (non-hydrogen) atoms. The molecular formula is C11H13NO3. The van der Waals surface area contributed by atoms with Crippen LogP contribution in [0.3, 0.4) is 0 Å². The van der Waals surface area contributed by atoms with Gasteiger partial charge in [0.15, 0.2) is 0 Å². The molecule has 1 atom stereocenters. The number of carbonyl (C=O) groups is 1. The summed E-state index contributed by atoms with van der Waals surface area (Å²) in [6.07, 6.45) is 2.57. The van der Waals surface area contributed by atoms with Gasteiger partial charge in [-0.1, -0.05) is 12.1 Å². The van der Waals surface area contributed by atoms with Crippen LogP contribution in [0.4, 0.5) is 0 Å². The van der Waals surface area contributed by atoms with E-state index < -0.39 is 12.0 Å². The number of nitrogens with two attached hydrogens (primary N) is 1. The van der Waals surface area contributed by atoms with Crippen molar-refractivity contribution < 1.29 is 14.6 Å². The highest BCUT2D eigenvalue weighted by Gasteiger charge is 2.23. The van der Waals surface area contributed by atoms with Gasteiger partial charge in [-0.3, -0.25) is 4.79 Å². The van der Waals surface area contributed by atoms with E-state index in [0.717, 1.165) is 18.6 Å². The quantitative estimate of drug-likeness (QED) is 0.780. The molecule has 4 nitrogen and oxygen atoms in total. The predicted octanol–water partition coefficient (Wildman–Crippen LogP) is 1.31. The molecule has 80 valence electrons. The van der Waals surface area contributed by atoms with Gasteiger partial charge in [0, 0.05) is 0 Å². The van der Waals surface area contributed by atoms with Gasteiger partial charge in [0.1, 0.15) is 11.8 Å². The monoisotopic (exact) mass is 207 g/mol. The van der Waals surface area contributed by atoms with Crippen molar-refractivity contribution in [3.63, 3.8) is 0 Å². The molecule has 0 spiro atoms. The highest BCUT2D eigenvalue weighted by Crippen LogP contribution is 2.27. The fourth-order valence-corrected chi connectivity index (χ4v) is 1.27. The third kappa shape index (κ3) is 2.47. The molecule has 2 rings (SSSR count). The summed E-state index contributed by atoms with van der Waals surface area (Å²) in [4.78, 5) is 10.6. The van der Waals surface area contributed by atoms with Gasteiger partial charge in [0.25, 0.3) is 0 Å². The molecule has 0 bridgehead atoms. The van der Waals surface area contributed by atoms with E-state index in [2.05, 4.69) is 0 Å². The Balaban J connectivity index is 2.05. The summed E-state index contributed by atoms with van der Waals surface area (Å²) < 4.78 is 5.53. The minimum absolute atomic E-state index is 0.351. The zero-order valence-electron chi connectivity index (χ0n) is 8.22. The van der Waals surface area contributed by atoms with Crippen LogP contribution in [0.25, 0.3) is 0 Å². The molecular weight excluding hydrogens is 194 g/mol. The Hall–Kier alpha value is -1.55. The molecule has 3 N–H and O–H groups in total. The molecule has 0 aliphatic heterocycles. The van der Waals surface area contributed by atoms with Gasteiger partial charge in [-0.05, 0) is 30.5 Å². The number of benzene rings is 1. The first-order valence-corrected chi connectivity index (χ1v) is 4.92. The largest absolute Gasteiger partial charge is 0.490 e. The van der Waals surface area contributed by atoms with Gasteiger partial charge in [-0.25, -0.2) is 0 Å². The second-order valence-electron chi connectivity index (χ2n) is 3.70. The fraction of sp³-hybridized carbons (Fsp3) is 0.364. The first kappa shape index (κ1) is 9.98. The number of hydrogen-bond donors (Lipinski definition) is 2. The van der Waals surface area contributed by atoms with Crippen molar-refractivity contribution in [2.24, 2.45) is 5.73 Å². The lowest BCUT2D eigenvalue weighted by Crippen LogP contribution is -2.20. The van der Waals surface area contributed by atoms with E-state index in [1.165, 1.54) is 0 Å². The van der Waals surface area contributed by atoms with E-state index in [9.17, 15) is 4.79 Å². The number of carboxylic acid groups (broad SMARTS) is 1. The van der Waals surface area contributed by atoms with Gasteiger partial charge in [-0.15, -0.1) is 0 Å². The second kappa shape index (κ2) is 3.90. The number of rotatable bonds is 4. The SMILES string of the molecule is NC(C(=O)O)c1ccc(OC2CC2)cc1. The average Bonchev–Trinajstić information content (AvgIpc) is 3.02. The van der Waals surface area contributed by atoms with Crippen LogP contribution in [0.5, 0.6) is 5.75 Å². The van der Waals surface area contributed by atoms with Crippen molar-refractivity contribution in [1.29, 1.82) is 0 Å². The zero-order valence-corrected chi connectivity index (χ0v) is 8.22. The second-order valence-corrected chi connectivity index (χ2v) is 3.70. The lowest BCUT2D eigenvalue weighted by atomic mass is 10.1. The van der Waals surface area contributed by atoms with Crippen LogP contribution in [0, 0.1) is 0 Å². The van der Waals surface area contributed by atoms with Gasteiger partial charge in [0.2, 0.25) is 0 Å². The summed E-state index contributed by atoms with van der Waals surface area (Å²) in [5, 5.41) is 8.70. The molecule has 1 aliphatic carbocycles. The van der Waals surface area contributed by atoms with E-state index >= 15 is 0 Å². The Morgan fingerprint density at radius 1 is 1.40 bits per heavy atom. The van der Waals surface area contributed by atoms with Gasteiger partial charge in [-0.2, -0.15) is 0 Å². The lowest BCUT2D eigenvalue weighted by Gasteiger charge is -2.08. The van der Waals surface area contributed by atoms with Crippen molar-refractivity contribution >= 4 is 5.97 Å². The molecule has 0 heterocycles. The third-order valence-corrected chi connectivity index (χ3v) is 2.33. The molecule has 1 aromatic rings. The molecule has 0 saturated heterocycles. The van der Waals surface area contributed by atoms with Crippen LogP contribution in [0.1, 0.15) is 24.4 Å². The topological polar surface area (TPSA) is 72.6 Å². The van der Waals surface area contributed by atoms with E-state index in [1.807, 2.05) is 0 Å². The standard InChI is InChI=1S/C11H13NO3/c12-10(11(13)14)7-1-3-8(4-2-7)15-9-5-6-9/h1-4,9-10H,5-6,12H2,(H,13,14). The van der Waals surface area contributed by atoms with Crippen LogP contribution >= 0.6 is 0 Å². The third-order valence-electron chi connectivity index (χ3n) is 2.33. The molecule has 1 aromatic carbocycles. The summed E-state index contributed by atoms with van der Waals surface area (Å²) in [6.45, 7) is 0. The maximum Gasteiger partial charge on any atom is 0.325 e. The zero-order chi connectivity index (χ0) is 10.8. The number of carboxylic acids is 1. The normalized spacial score (nSPS) is 17.1. The molecule has 0 amide bonds. The molecule has 1 unspecified atom stereocenters. The summed E-state index contributed by atoms with van der Waals surface area (Å²) in [5.74, 6) is -0.246. The Labute approximate surface area is 87.7 Å². The smallest absolute Gasteiger partial charge is 0.325 e. The minimum atomic E-state index is -1.02. The predicted molar refractivity (Wildman–Crippen MR) is 54.7 cm³/mol.